The summed E-state index contributed by atoms with van der Waals surface area (Å²) >= 11 is 1.30. The summed E-state index contributed by atoms with van der Waals surface area (Å²) in [6, 6.07) is 1.03. The Morgan fingerprint density at radius 2 is 2.25 bits per heavy atom. The topological polar surface area (TPSA) is 102 Å². The third-order valence-corrected chi connectivity index (χ3v) is 4.60. The Balaban J connectivity index is 0.00000288. The molecular weight excluding hydrogens is 354 g/mol. The highest BCUT2D eigenvalue weighted by molar-refractivity contribution is 7.14. The molecule has 1 saturated heterocycles. The van der Waals surface area contributed by atoms with Crippen molar-refractivity contribution < 1.29 is 19.1 Å². The lowest BCUT2D eigenvalue weighted by Gasteiger charge is -2.17. The van der Waals surface area contributed by atoms with Gasteiger partial charge in [0.05, 0.1) is 12.7 Å². The minimum Gasteiger partial charge on any atom is -0.465 e. The summed E-state index contributed by atoms with van der Waals surface area (Å²) in [5.41, 5.74) is 5.99. The van der Waals surface area contributed by atoms with Gasteiger partial charge < -0.3 is 20.7 Å². The summed E-state index contributed by atoms with van der Waals surface area (Å²) < 4.78 is 4.72. The number of rotatable bonds is 6. The monoisotopic (exact) mass is 375 g/mol. The average molecular weight is 376 g/mol. The molecule has 2 atom stereocenters. The zero-order chi connectivity index (χ0) is 17.0. The Labute approximate surface area is 150 Å². The molecule has 2 heterocycles. The molecule has 24 heavy (non-hydrogen) atoms. The van der Waals surface area contributed by atoms with Gasteiger partial charge in [-0.15, -0.1) is 23.7 Å². The molecule has 2 unspecified atom stereocenters. The van der Waals surface area contributed by atoms with Crippen molar-refractivity contribution in [1.82, 2.24) is 5.32 Å². The second-order valence-corrected chi connectivity index (χ2v) is 6.44. The zero-order valence-electron chi connectivity index (χ0n) is 13.6. The van der Waals surface area contributed by atoms with Crippen molar-refractivity contribution in [3.8, 4) is 0 Å². The molecule has 1 fully saturated rings. The molecule has 0 spiro atoms. The Morgan fingerprint density at radius 1 is 1.54 bits per heavy atom. The number of nitrogens with one attached hydrogen (secondary N) is 1. The predicted molar refractivity (Wildman–Crippen MR) is 94.7 cm³/mol. The van der Waals surface area contributed by atoms with Gasteiger partial charge >= 0.3 is 5.97 Å². The third-order valence-electron chi connectivity index (χ3n) is 3.66. The molecular formula is C15H22ClN3O4S. The Kier molecular flexibility index (Phi) is 7.65. The van der Waals surface area contributed by atoms with Gasteiger partial charge in [-0.2, -0.15) is 0 Å². The van der Waals surface area contributed by atoms with Crippen molar-refractivity contribution in [2.75, 3.05) is 18.6 Å². The van der Waals surface area contributed by atoms with Crippen LogP contribution in [0.3, 0.4) is 0 Å². The molecule has 3 N–H and O–H groups in total. The van der Waals surface area contributed by atoms with Crippen LogP contribution >= 0.6 is 23.7 Å². The number of carbonyl (C=O) groups excluding carboxylic acids is 3. The highest BCUT2D eigenvalue weighted by atomic mass is 35.5. The first-order chi connectivity index (χ1) is 10.9. The number of carbonyl (C=O) groups is 3. The van der Waals surface area contributed by atoms with Gasteiger partial charge in [0.25, 0.3) is 0 Å². The molecule has 1 aliphatic heterocycles. The maximum Gasteiger partial charge on any atom is 0.340 e. The molecule has 2 rings (SSSR count). The standard InChI is InChI=1S/C15H21N3O4S.ClH/c1-9(16)3-4-12(19)17-11-5-7-18(13(11)20)14-10(6-8-23-14)15(21)22-2;/h6,8-9,11H,3-5,7,16H2,1-2H3,(H,17,19);1H. The van der Waals surface area contributed by atoms with E-state index < -0.39 is 12.0 Å². The molecule has 0 saturated carbocycles. The van der Waals surface area contributed by atoms with Gasteiger partial charge in [0.15, 0.2) is 0 Å². The van der Waals surface area contributed by atoms with E-state index in [4.69, 9.17) is 10.5 Å². The zero-order valence-corrected chi connectivity index (χ0v) is 15.2. The van der Waals surface area contributed by atoms with E-state index in [1.54, 1.807) is 11.4 Å². The molecule has 0 radical (unpaired) electrons. The number of anilines is 1. The number of nitrogens with zero attached hydrogens (tertiary/aromatic N) is 1. The largest absolute Gasteiger partial charge is 0.465 e. The van der Waals surface area contributed by atoms with Gasteiger partial charge in [-0.3, -0.25) is 9.59 Å². The lowest BCUT2D eigenvalue weighted by Crippen LogP contribution is -2.41. The van der Waals surface area contributed by atoms with Crippen LogP contribution in [0.15, 0.2) is 11.4 Å². The fraction of sp³-hybridized carbons (Fsp3) is 0.533. The molecule has 0 aliphatic carbocycles. The minimum atomic E-state index is -0.553. The summed E-state index contributed by atoms with van der Waals surface area (Å²) in [4.78, 5) is 37.6. The van der Waals surface area contributed by atoms with Gasteiger partial charge in [-0.05, 0) is 31.2 Å². The predicted octanol–water partition coefficient (Wildman–Crippen LogP) is 1.31. The maximum atomic E-state index is 12.5. The number of halogens is 1. The number of hydrogen-bond acceptors (Lipinski definition) is 6. The molecule has 9 heteroatoms. The van der Waals surface area contributed by atoms with Crippen molar-refractivity contribution >= 4 is 46.5 Å². The third kappa shape index (κ3) is 4.68. The Morgan fingerprint density at radius 3 is 2.88 bits per heavy atom. The SMILES string of the molecule is COC(=O)c1ccsc1N1CCC(NC(=O)CCC(C)N)C1=O.Cl. The molecule has 0 aromatic carbocycles. The summed E-state index contributed by atoms with van der Waals surface area (Å²) in [6.45, 7) is 2.29. The first-order valence-electron chi connectivity index (χ1n) is 7.46. The molecule has 1 aromatic rings. The summed E-state index contributed by atoms with van der Waals surface area (Å²) in [6.07, 6.45) is 1.39. The van der Waals surface area contributed by atoms with Crippen LogP contribution < -0.4 is 16.0 Å². The summed E-state index contributed by atoms with van der Waals surface area (Å²) in [5.74, 6) is -0.855. The Hall–Kier alpha value is -1.64. The van der Waals surface area contributed by atoms with Crippen molar-refractivity contribution in [3.63, 3.8) is 0 Å². The van der Waals surface area contributed by atoms with Crippen LogP contribution in [0.1, 0.15) is 36.5 Å². The minimum absolute atomic E-state index is 0. The van der Waals surface area contributed by atoms with Crippen LogP contribution in [-0.4, -0.2) is 43.5 Å². The first kappa shape index (κ1) is 20.4. The van der Waals surface area contributed by atoms with Crippen LogP contribution in [-0.2, 0) is 14.3 Å². The molecule has 2 amide bonds. The molecule has 0 bridgehead atoms. The van der Waals surface area contributed by atoms with Crippen LogP contribution in [0.5, 0.6) is 0 Å². The van der Waals surface area contributed by atoms with E-state index >= 15 is 0 Å². The second-order valence-electron chi connectivity index (χ2n) is 5.55. The van der Waals surface area contributed by atoms with E-state index in [1.165, 1.54) is 23.3 Å². The van der Waals surface area contributed by atoms with E-state index in [0.717, 1.165) is 0 Å². The molecule has 1 aliphatic rings. The quantitative estimate of drug-likeness (QED) is 0.730. The van der Waals surface area contributed by atoms with Crippen molar-refractivity contribution in [1.29, 1.82) is 0 Å². The van der Waals surface area contributed by atoms with E-state index in [1.807, 2.05) is 6.92 Å². The number of thiophene rings is 1. The maximum absolute atomic E-state index is 12.5. The number of esters is 1. The fourth-order valence-electron chi connectivity index (χ4n) is 2.42. The van der Waals surface area contributed by atoms with E-state index in [2.05, 4.69) is 5.32 Å². The molecule has 7 nitrogen and oxygen atoms in total. The number of ether oxygens (including phenoxy) is 1. The first-order valence-corrected chi connectivity index (χ1v) is 8.34. The lowest BCUT2D eigenvalue weighted by atomic mass is 10.1. The van der Waals surface area contributed by atoms with Gasteiger partial charge in [0.2, 0.25) is 11.8 Å². The summed E-state index contributed by atoms with van der Waals surface area (Å²) in [7, 11) is 1.30. The van der Waals surface area contributed by atoms with Crippen molar-refractivity contribution in [3.05, 3.63) is 17.0 Å². The summed E-state index contributed by atoms with van der Waals surface area (Å²) in [5, 5.41) is 5.04. The normalized spacial score (nSPS) is 18.0. The van der Waals surface area contributed by atoms with Gasteiger partial charge in [0.1, 0.15) is 11.0 Å². The average Bonchev–Trinajstić information content (AvgIpc) is 3.12. The highest BCUT2D eigenvalue weighted by Crippen LogP contribution is 2.31. The number of hydrogen-bond donors (Lipinski definition) is 2. The van der Waals surface area contributed by atoms with Crippen LogP contribution in [0.2, 0.25) is 0 Å². The van der Waals surface area contributed by atoms with Crippen molar-refractivity contribution in [2.45, 2.75) is 38.3 Å². The van der Waals surface area contributed by atoms with Crippen molar-refractivity contribution in [2.24, 2.45) is 5.73 Å². The molecule has 1 aromatic heterocycles. The fourth-order valence-corrected chi connectivity index (χ4v) is 3.34. The molecule has 134 valence electrons. The van der Waals surface area contributed by atoms with Crippen LogP contribution in [0.4, 0.5) is 5.00 Å². The van der Waals surface area contributed by atoms with Crippen LogP contribution in [0, 0.1) is 0 Å². The number of amides is 2. The van der Waals surface area contributed by atoms with Crippen LogP contribution in [0.25, 0.3) is 0 Å². The lowest BCUT2D eigenvalue weighted by molar-refractivity contribution is -0.126. The highest BCUT2D eigenvalue weighted by Gasteiger charge is 2.36. The van der Waals surface area contributed by atoms with E-state index in [0.29, 0.717) is 36.4 Å². The van der Waals surface area contributed by atoms with E-state index in [9.17, 15) is 14.4 Å². The number of methoxy groups -OCH3 is 1. The second kappa shape index (κ2) is 9.00. The van der Waals surface area contributed by atoms with Gasteiger partial charge in [-0.25, -0.2) is 4.79 Å². The smallest absolute Gasteiger partial charge is 0.340 e. The van der Waals surface area contributed by atoms with Gasteiger partial charge in [-0.1, -0.05) is 0 Å². The van der Waals surface area contributed by atoms with E-state index in [-0.39, 0.29) is 30.3 Å². The number of nitrogens with two attached hydrogens (primary N) is 1. The van der Waals surface area contributed by atoms with Gasteiger partial charge in [0, 0.05) is 19.0 Å². The Bertz CT molecular complexity index is 605.